The highest BCUT2D eigenvalue weighted by Gasteiger charge is 2.15. The lowest BCUT2D eigenvalue weighted by Gasteiger charge is -2.19. The summed E-state index contributed by atoms with van der Waals surface area (Å²) in [6.07, 6.45) is 19.5. The highest BCUT2D eigenvalue weighted by atomic mass is 127. The minimum absolute atomic E-state index is 0.0446. The molecule has 0 N–H and O–H groups in total. The van der Waals surface area contributed by atoms with Crippen LogP contribution in [0.4, 0.5) is 0 Å². The first-order valence-corrected chi connectivity index (χ1v) is 11.8. The van der Waals surface area contributed by atoms with E-state index in [0.717, 1.165) is 12.8 Å². The lowest BCUT2D eigenvalue weighted by Crippen LogP contribution is -2.23. The monoisotopic (exact) mass is 452 g/mol. The predicted molar refractivity (Wildman–Crippen MR) is 114 cm³/mol. The normalized spacial score (nSPS) is 11.7. The van der Waals surface area contributed by atoms with Crippen molar-refractivity contribution in [2.75, 3.05) is 4.43 Å². The molecule has 0 heterocycles. The topological polar surface area (TPSA) is 26.3 Å². The average Bonchev–Trinajstić information content (AvgIpc) is 2.49. The number of halogens is 1. The van der Waals surface area contributed by atoms with Crippen LogP contribution in [0.2, 0.25) is 0 Å². The van der Waals surface area contributed by atoms with Gasteiger partial charge in [0, 0.05) is 6.42 Å². The van der Waals surface area contributed by atoms with Gasteiger partial charge in [-0.15, -0.1) is 0 Å². The predicted octanol–water partition coefficient (Wildman–Crippen LogP) is 7.61. The van der Waals surface area contributed by atoms with Gasteiger partial charge in [0.1, 0.15) is 5.60 Å². The molecule has 0 unspecified atom stereocenters. The van der Waals surface area contributed by atoms with Crippen molar-refractivity contribution in [2.24, 2.45) is 0 Å². The summed E-state index contributed by atoms with van der Waals surface area (Å²) in [5.41, 5.74) is -0.341. The van der Waals surface area contributed by atoms with Gasteiger partial charge >= 0.3 is 5.97 Å². The van der Waals surface area contributed by atoms with Crippen LogP contribution in [0.15, 0.2) is 0 Å². The molecule has 0 atom stereocenters. The molecular weight excluding hydrogens is 411 g/mol. The van der Waals surface area contributed by atoms with Crippen molar-refractivity contribution in [3.63, 3.8) is 0 Å². The van der Waals surface area contributed by atoms with Crippen LogP contribution < -0.4 is 0 Å². The van der Waals surface area contributed by atoms with E-state index in [1.165, 1.54) is 81.5 Å². The largest absolute Gasteiger partial charge is 0.460 e. The Morgan fingerprint density at radius 1 is 0.667 bits per heavy atom. The zero-order chi connectivity index (χ0) is 18.1. The van der Waals surface area contributed by atoms with Gasteiger partial charge in [0.2, 0.25) is 0 Å². The standard InChI is InChI=1S/C21H41IO2/c1-21(2,3)24-20(23)18-16-14-12-10-8-6-4-5-7-9-11-13-15-17-19-22/h4-19H2,1-3H3. The zero-order valence-corrected chi connectivity index (χ0v) is 18.7. The van der Waals surface area contributed by atoms with Gasteiger partial charge in [0.25, 0.3) is 0 Å². The van der Waals surface area contributed by atoms with E-state index in [0.29, 0.717) is 6.42 Å². The van der Waals surface area contributed by atoms with Crippen LogP contribution in [0.1, 0.15) is 117 Å². The van der Waals surface area contributed by atoms with Gasteiger partial charge in [-0.2, -0.15) is 0 Å². The van der Waals surface area contributed by atoms with E-state index in [4.69, 9.17) is 4.74 Å². The molecule has 0 radical (unpaired) electrons. The molecule has 2 nitrogen and oxygen atoms in total. The maximum Gasteiger partial charge on any atom is 0.306 e. The van der Waals surface area contributed by atoms with Crippen LogP contribution in [-0.4, -0.2) is 16.0 Å². The van der Waals surface area contributed by atoms with Crippen LogP contribution >= 0.6 is 22.6 Å². The first kappa shape index (κ1) is 24.2. The summed E-state index contributed by atoms with van der Waals surface area (Å²) >= 11 is 2.47. The van der Waals surface area contributed by atoms with Crippen LogP contribution in [0.25, 0.3) is 0 Å². The van der Waals surface area contributed by atoms with E-state index in [1.54, 1.807) is 0 Å². The first-order chi connectivity index (χ1) is 11.5. The number of carbonyl (C=O) groups is 1. The molecule has 0 fully saturated rings. The molecule has 0 saturated heterocycles. The molecule has 3 heteroatoms. The average molecular weight is 452 g/mol. The second-order valence-corrected chi connectivity index (χ2v) is 9.05. The van der Waals surface area contributed by atoms with E-state index < -0.39 is 0 Å². The fraction of sp³-hybridized carbons (Fsp3) is 0.952. The summed E-state index contributed by atoms with van der Waals surface area (Å²) in [6, 6.07) is 0. The fourth-order valence-electron chi connectivity index (χ4n) is 2.88. The lowest BCUT2D eigenvalue weighted by molar-refractivity contribution is -0.154. The third-order valence-corrected chi connectivity index (χ3v) is 4.95. The number of esters is 1. The minimum Gasteiger partial charge on any atom is -0.460 e. The third kappa shape index (κ3) is 20.2. The third-order valence-electron chi connectivity index (χ3n) is 4.18. The maximum absolute atomic E-state index is 11.6. The maximum atomic E-state index is 11.6. The van der Waals surface area contributed by atoms with Gasteiger partial charge in [0.15, 0.2) is 0 Å². The summed E-state index contributed by atoms with van der Waals surface area (Å²) in [7, 11) is 0. The van der Waals surface area contributed by atoms with Gasteiger partial charge in [-0.05, 0) is 38.0 Å². The van der Waals surface area contributed by atoms with Crippen molar-refractivity contribution in [3.05, 3.63) is 0 Å². The molecule has 0 aromatic heterocycles. The fourth-order valence-corrected chi connectivity index (χ4v) is 3.42. The van der Waals surface area contributed by atoms with Crippen molar-refractivity contribution in [2.45, 2.75) is 123 Å². The number of hydrogen-bond donors (Lipinski definition) is 0. The van der Waals surface area contributed by atoms with Gasteiger partial charge in [-0.3, -0.25) is 4.79 Å². The number of hydrogen-bond acceptors (Lipinski definition) is 2. The zero-order valence-electron chi connectivity index (χ0n) is 16.5. The SMILES string of the molecule is CC(C)(C)OC(=O)CCCCCCCCCCCCCCCCI. The van der Waals surface area contributed by atoms with Crippen LogP contribution in [-0.2, 0) is 9.53 Å². The Bertz CT molecular complexity index is 284. The van der Waals surface area contributed by atoms with E-state index in [2.05, 4.69) is 22.6 Å². The van der Waals surface area contributed by atoms with E-state index >= 15 is 0 Å². The molecule has 144 valence electrons. The highest BCUT2D eigenvalue weighted by molar-refractivity contribution is 14.1. The van der Waals surface area contributed by atoms with Crippen molar-refractivity contribution in [1.82, 2.24) is 0 Å². The first-order valence-electron chi connectivity index (χ1n) is 10.2. The smallest absolute Gasteiger partial charge is 0.306 e. The molecule has 0 aliphatic rings. The molecule has 0 aromatic carbocycles. The molecule has 24 heavy (non-hydrogen) atoms. The second kappa shape index (κ2) is 16.7. The number of ether oxygens (including phenoxy) is 1. The van der Waals surface area contributed by atoms with Gasteiger partial charge in [-0.25, -0.2) is 0 Å². The molecule has 0 aliphatic heterocycles. The summed E-state index contributed by atoms with van der Waals surface area (Å²) in [5, 5.41) is 0. The van der Waals surface area contributed by atoms with Crippen molar-refractivity contribution in [3.8, 4) is 0 Å². The number of carbonyl (C=O) groups excluding carboxylic acids is 1. The Morgan fingerprint density at radius 2 is 1.00 bits per heavy atom. The summed E-state index contributed by atoms with van der Waals surface area (Å²) < 4.78 is 6.64. The molecule has 0 amide bonds. The lowest BCUT2D eigenvalue weighted by atomic mass is 10.0. The van der Waals surface area contributed by atoms with E-state index in [9.17, 15) is 4.79 Å². The molecule has 0 bridgehead atoms. The summed E-state index contributed by atoms with van der Waals surface area (Å²) in [4.78, 5) is 11.6. The van der Waals surface area contributed by atoms with Crippen molar-refractivity contribution < 1.29 is 9.53 Å². The van der Waals surface area contributed by atoms with Crippen molar-refractivity contribution >= 4 is 28.6 Å². The summed E-state index contributed by atoms with van der Waals surface area (Å²) in [6.45, 7) is 5.78. The van der Waals surface area contributed by atoms with Gasteiger partial charge < -0.3 is 4.74 Å². The molecule has 0 aliphatic carbocycles. The summed E-state index contributed by atoms with van der Waals surface area (Å²) in [5.74, 6) is -0.0446. The number of unbranched alkanes of at least 4 members (excludes halogenated alkanes) is 13. The second-order valence-electron chi connectivity index (χ2n) is 7.98. The van der Waals surface area contributed by atoms with Crippen LogP contribution in [0.5, 0.6) is 0 Å². The minimum atomic E-state index is -0.341. The Kier molecular flexibility index (Phi) is 16.8. The molecule has 0 rings (SSSR count). The quantitative estimate of drug-likeness (QED) is 0.104. The molecule has 0 spiro atoms. The van der Waals surface area contributed by atoms with Gasteiger partial charge in [0.05, 0.1) is 0 Å². The van der Waals surface area contributed by atoms with E-state index in [1.807, 2.05) is 20.8 Å². The Hall–Kier alpha value is 0.200. The van der Waals surface area contributed by atoms with Crippen LogP contribution in [0.3, 0.4) is 0 Å². The Morgan fingerprint density at radius 3 is 1.33 bits per heavy atom. The number of alkyl halides is 1. The Labute approximate surface area is 165 Å². The number of rotatable bonds is 16. The molecular formula is C21H41IO2. The Balaban J connectivity index is 3.14. The molecule has 0 aromatic rings. The van der Waals surface area contributed by atoms with Crippen molar-refractivity contribution in [1.29, 1.82) is 0 Å². The highest BCUT2D eigenvalue weighted by Crippen LogP contribution is 2.14. The molecule has 0 saturated carbocycles. The van der Waals surface area contributed by atoms with Crippen LogP contribution in [0, 0.1) is 0 Å². The van der Waals surface area contributed by atoms with E-state index in [-0.39, 0.29) is 11.6 Å². The van der Waals surface area contributed by atoms with Gasteiger partial charge in [-0.1, -0.05) is 99.6 Å².